The summed E-state index contributed by atoms with van der Waals surface area (Å²) in [6.07, 6.45) is 0. The second-order valence-corrected chi connectivity index (χ2v) is 5.31. The average molecular weight is 327 g/mol. The number of hydrogen-bond acceptors (Lipinski definition) is 4. The first-order valence-electron chi connectivity index (χ1n) is 7.30. The van der Waals surface area contributed by atoms with E-state index in [2.05, 4.69) is 10.6 Å². The number of nitro benzene ring substituents is 1. The molecule has 24 heavy (non-hydrogen) atoms. The molecule has 1 atom stereocenters. The minimum absolute atomic E-state index is 0.0752. The fourth-order valence-electron chi connectivity index (χ4n) is 2.07. The van der Waals surface area contributed by atoms with Crippen molar-refractivity contribution in [2.45, 2.75) is 19.9 Å². The molecule has 0 radical (unpaired) electrons. The van der Waals surface area contributed by atoms with E-state index in [4.69, 9.17) is 0 Å². The maximum atomic E-state index is 12.1. The van der Waals surface area contributed by atoms with Gasteiger partial charge in [-0.3, -0.25) is 19.7 Å². The zero-order valence-corrected chi connectivity index (χ0v) is 13.3. The van der Waals surface area contributed by atoms with Gasteiger partial charge in [0.05, 0.1) is 4.92 Å². The van der Waals surface area contributed by atoms with Gasteiger partial charge < -0.3 is 10.6 Å². The molecule has 0 fully saturated rings. The molecule has 2 aromatic rings. The van der Waals surface area contributed by atoms with E-state index in [0.717, 1.165) is 0 Å². The molecule has 0 aliphatic rings. The molecule has 0 aliphatic heterocycles. The Morgan fingerprint density at radius 2 is 1.79 bits per heavy atom. The molecule has 0 aromatic heterocycles. The highest BCUT2D eigenvalue weighted by Crippen LogP contribution is 2.22. The van der Waals surface area contributed by atoms with Crippen molar-refractivity contribution in [1.29, 1.82) is 0 Å². The van der Waals surface area contributed by atoms with Gasteiger partial charge in [-0.1, -0.05) is 24.3 Å². The van der Waals surface area contributed by atoms with Crippen LogP contribution >= 0.6 is 0 Å². The molecule has 7 nitrogen and oxygen atoms in total. The summed E-state index contributed by atoms with van der Waals surface area (Å²) < 4.78 is 0. The second-order valence-electron chi connectivity index (χ2n) is 5.31. The first kappa shape index (κ1) is 17.1. The van der Waals surface area contributed by atoms with E-state index in [1.165, 1.54) is 6.07 Å². The molecule has 0 saturated heterocycles. The average Bonchev–Trinajstić information content (AvgIpc) is 2.57. The highest BCUT2D eigenvalue weighted by atomic mass is 16.6. The highest BCUT2D eigenvalue weighted by Gasteiger charge is 2.18. The van der Waals surface area contributed by atoms with Crippen LogP contribution in [-0.4, -0.2) is 22.8 Å². The molecule has 7 heteroatoms. The van der Waals surface area contributed by atoms with Gasteiger partial charge in [-0.25, -0.2) is 0 Å². The van der Waals surface area contributed by atoms with Crippen LogP contribution in [0.3, 0.4) is 0 Å². The van der Waals surface area contributed by atoms with Crippen molar-refractivity contribution < 1.29 is 14.5 Å². The third kappa shape index (κ3) is 4.16. The molecule has 2 rings (SSSR count). The minimum atomic E-state index is -0.793. The lowest BCUT2D eigenvalue weighted by Gasteiger charge is -2.14. The number of benzene rings is 2. The Kier molecular flexibility index (Phi) is 5.26. The van der Waals surface area contributed by atoms with E-state index in [1.54, 1.807) is 56.3 Å². The summed E-state index contributed by atoms with van der Waals surface area (Å²) in [7, 11) is 0. The van der Waals surface area contributed by atoms with Gasteiger partial charge in [0.15, 0.2) is 0 Å². The Labute approximate surface area is 138 Å². The van der Waals surface area contributed by atoms with E-state index >= 15 is 0 Å². The van der Waals surface area contributed by atoms with Gasteiger partial charge >= 0.3 is 0 Å². The molecule has 124 valence electrons. The summed E-state index contributed by atoms with van der Waals surface area (Å²) >= 11 is 0. The van der Waals surface area contributed by atoms with Crippen molar-refractivity contribution in [1.82, 2.24) is 5.32 Å². The van der Waals surface area contributed by atoms with Gasteiger partial charge in [0.1, 0.15) is 6.04 Å². The number of carbonyl (C=O) groups is 2. The Morgan fingerprint density at radius 1 is 1.12 bits per heavy atom. The number of anilines is 1. The summed E-state index contributed by atoms with van der Waals surface area (Å²) in [5.74, 6) is -0.828. The Hall–Kier alpha value is -3.22. The number of nitrogens with one attached hydrogen (secondary N) is 2. The molecule has 0 bridgehead atoms. The molecule has 2 aromatic carbocycles. The van der Waals surface area contributed by atoms with Crippen molar-refractivity contribution in [2.75, 3.05) is 5.32 Å². The van der Waals surface area contributed by atoms with Crippen LogP contribution in [0.15, 0.2) is 48.5 Å². The van der Waals surface area contributed by atoms with Crippen molar-refractivity contribution in [3.05, 3.63) is 69.8 Å². The zero-order chi connectivity index (χ0) is 17.7. The fraction of sp³-hybridized carbons (Fsp3) is 0.176. The smallest absolute Gasteiger partial charge is 0.274 e. The van der Waals surface area contributed by atoms with E-state index < -0.39 is 16.9 Å². The third-order valence-corrected chi connectivity index (χ3v) is 3.45. The van der Waals surface area contributed by atoms with Crippen LogP contribution in [0.2, 0.25) is 0 Å². The zero-order valence-electron chi connectivity index (χ0n) is 13.3. The number of rotatable bonds is 5. The predicted molar refractivity (Wildman–Crippen MR) is 89.8 cm³/mol. The van der Waals surface area contributed by atoms with Crippen molar-refractivity contribution in [3.8, 4) is 0 Å². The summed E-state index contributed by atoms with van der Waals surface area (Å²) in [4.78, 5) is 34.6. The molecule has 0 spiro atoms. The maximum Gasteiger partial charge on any atom is 0.274 e. The normalized spacial score (nSPS) is 11.4. The second kappa shape index (κ2) is 7.36. The standard InChI is InChI=1S/C17H17N3O4/c1-11-8-9-14(10-15(11)20(23)24)19-16(21)12(2)18-17(22)13-6-4-3-5-7-13/h3-10,12H,1-2H3,(H,18,22)(H,19,21). The van der Waals surface area contributed by atoms with E-state index in [0.29, 0.717) is 16.8 Å². The molecule has 0 saturated carbocycles. The van der Waals surface area contributed by atoms with Crippen molar-refractivity contribution in [3.63, 3.8) is 0 Å². The molecular formula is C17H17N3O4. The lowest BCUT2D eigenvalue weighted by atomic mass is 10.1. The van der Waals surface area contributed by atoms with E-state index in [-0.39, 0.29) is 11.6 Å². The van der Waals surface area contributed by atoms with Gasteiger partial charge in [0.25, 0.3) is 11.6 Å². The van der Waals surface area contributed by atoms with Crippen LogP contribution in [0, 0.1) is 17.0 Å². The minimum Gasteiger partial charge on any atom is -0.341 e. The van der Waals surface area contributed by atoms with Gasteiger partial charge in [-0.15, -0.1) is 0 Å². The van der Waals surface area contributed by atoms with E-state index in [9.17, 15) is 19.7 Å². The Morgan fingerprint density at radius 3 is 2.42 bits per heavy atom. The quantitative estimate of drug-likeness (QED) is 0.651. The summed E-state index contributed by atoms with van der Waals surface area (Å²) in [5.41, 5.74) is 1.18. The van der Waals surface area contributed by atoms with Gasteiger partial charge in [0.2, 0.25) is 5.91 Å². The largest absolute Gasteiger partial charge is 0.341 e. The Balaban J connectivity index is 2.03. The van der Waals surface area contributed by atoms with Crippen LogP contribution in [-0.2, 0) is 4.79 Å². The number of amides is 2. The molecule has 2 amide bonds. The fourth-order valence-corrected chi connectivity index (χ4v) is 2.07. The van der Waals surface area contributed by atoms with Gasteiger partial charge in [-0.05, 0) is 32.0 Å². The third-order valence-electron chi connectivity index (χ3n) is 3.45. The first-order chi connectivity index (χ1) is 11.4. The number of nitro groups is 1. The van der Waals surface area contributed by atoms with E-state index in [1.807, 2.05) is 0 Å². The summed E-state index contributed by atoms with van der Waals surface area (Å²) in [5, 5.41) is 16.1. The van der Waals surface area contributed by atoms with Crippen LogP contribution in [0.1, 0.15) is 22.8 Å². The summed E-state index contributed by atoms with van der Waals surface area (Å²) in [6, 6.07) is 12.2. The predicted octanol–water partition coefficient (Wildman–Crippen LogP) is 2.66. The number of carbonyl (C=O) groups excluding carboxylic acids is 2. The molecule has 1 unspecified atom stereocenters. The van der Waals surface area contributed by atoms with Gasteiger partial charge in [0, 0.05) is 22.9 Å². The van der Waals surface area contributed by atoms with Gasteiger partial charge in [-0.2, -0.15) is 0 Å². The summed E-state index contributed by atoms with van der Waals surface area (Å²) in [6.45, 7) is 3.16. The monoisotopic (exact) mass is 327 g/mol. The lowest BCUT2D eigenvalue weighted by molar-refractivity contribution is -0.385. The molecule has 0 heterocycles. The number of hydrogen-bond donors (Lipinski definition) is 2. The first-order valence-corrected chi connectivity index (χ1v) is 7.30. The topological polar surface area (TPSA) is 101 Å². The van der Waals surface area contributed by atoms with Crippen LogP contribution in [0.5, 0.6) is 0 Å². The Bertz CT molecular complexity index is 775. The molecular weight excluding hydrogens is 310 g/mol. The maximum absolute atomic E-state index is 12.1. The van der Waals surface area contributed by atoms with Crippen LogP contribution in [0.25, 0.3) is 0 Å². The highest BCUT2D eigenvalue weighted by molar-refractivity contribution is 6.01. The lowest BCUT2D eigenvalue weighted by Crippen LogP contribution is -2.41. The van der Waals surface area contributed by atoms with Crippen LogP contribution < -0.4 is 10.6 Å². The molecule has 2 N–H and O–H groups in total. The molecule has 0 aliphatic carbocycles. The SMILES string of the molecule is Cc1ccc(NC(=O)C(C)NC(=O)c2ccccc2)cc1[N+](=O)[O-]. The number of aryl methyl sites for hydroxylation is 1. The van der Waals surface area contributed by atoms with Crippen molar-refractivity contribution in [2.24, 2.45) is 0 Å². The van der Waals surface area contributed by atoms with Crippen LogP contribution in [0.4, 0.5) is 11.4 Å². The van der Waals surface area contributed by atoms with Crippen molar-refractivity contribution >= 4 is 23.2 Å². The number of nitrogens with zero attached hydrogens (tertiary/aromatic N) is 1.